The molecule has 18 heavy (non-hydrogen) atoms. The van der Waals surface area contributed by atoms with Gasteiger partial charge in [0.2, 0.25) is 0 Å². The average molecular weight is 306 g/mol. The molecule has 0 unspecified atom stereocenters. The molecule has 1 saturated heterocycles. The van der Waals surface area contributed by atoms with Gasteiger partial charge in [0.05, 0.1) is 5.37 Å². The van der Waals surface area contributed by atoms with E-state index < -0.39 is 12.0 Å². The summed E-state index contributed by atoms with van der Waals surface area (Å²) >= 11 is 13.6. The Bertz CT molecular complexity index is 493. The maximum atomic E-state index is 11.2. The van der Waals surface area contributed by atoms with Gasteiger partial charge in [-0.1, -0.05) is 29.3 Å². The number of nitrogens with one attached hydrogen (secondary N) is 1. The van der Waals surface area contributed by atoms with Crippen LogP contribution in [0.25, 0.3) is 0 Å². The molecule has 0 aromatic heterocycles. The number of benzene rings is 1. The second-order valence-corrected chi connectivity index (χ2v) is 7.31. The van der Waals surface area contributed by atoms with Gasteiger partial charge >= 0.3 is 5.97 Å². The van der Waals surface area contributed by atoms with Crippen molar-refractivity contribution in [2.45, 2.75) is 30.0 Å². The highest BCUT2D eigenvalue weighted by Crippen LogP contribution is 2.47. The lowest BCUT2D eigenvalue weighted by Gasteiger charge is -2.20. The third-order valence-electron chi connectivity index (χ3n) is 2.93. The Hall–Kier alpha value is -0.420. The summed E-state index contributed by atoms with van der Waals surface area (Å²) in [5.41, 5.74) is 0.864. The molecule has 0 spiro atoms. The van der Waals surface area contributed by atoms with Gasteiger partial charge in [0.15, 0.2) is 0 Å². The van der Waals surface area contributed by atoms with Crippen LogP contribution in [0.15, 0.2) is 18.2 Å². The van der Waals surface area contributed by atoms with E-state index in [-0.39, 0.29) is 10.1 Å². The lowest BCUT2D eigenvalue weighted by Crippen LogP contribution is -2.43. The largest absolute Gasteiger partial charge is 0.480 e. The Labute approximate surface area is 120 Å². The number of halogens is 2. The number of aliphatic carboxylic acids is 1. The first-order chi connectivity index (χ1) is 8.31. The number of carboxylic acids is 1. The van der Waals surface area contributed by atoms with Crippen LogP contribution in [0.5, 0.6) is 0 Å². The fraction of sp³-hybridized carbons (Fsp3) is 0.417. The number of thioether (sulfide) groups is 1. The van der Waals surface area contributed by atoms with Gasteiger partial charge in [-0.2, -0.15) is 0 Å². The van der Waals surface area contributed by atoms with E-state index in [1.807, 2.05) is 19.9 Å². The summed E-state index contributed by atoms with van der Waals surface area (Å²) in [6.07, 6.45) is 0. The van der Waals surface area contributed by atoms with E-state index in [2.05, 4.69) is 5.32 Å². The zero-order valence-electron chi connectivity index (χ0n) is 9.91. The summed E-state index contributed by atoms with van der Waals surface area (Å²) in [7, 11) is 0. The van der Waals surface area contributed by atoms with Crippen molar-refractivity contribution in [3.05, 3.63) is 33.8 Å². The quantitative estimate of drug-likeness (QED) is 0.877. The van der Waals surface area contributed by atoms with E-state index in [0.717, 1.165) is 5.56 Å². The molecule has 2 rings (SSSR count). The van der Waals surface area contributed by atoms with Crippen LogP contribution in [0.4, 0.5) is 0 Å². The highest BCUT2D eigenvalue weighted by Gasteiger charge is 2.45. The fourth-order valence-corrected chi connectivity index (χ4v) is 4.03. The molecule has 6 heteroatoms. The zero-order valence-corrected chi connectivity index (χ0v) is 12.2. The van der Waals surface area contributed by atoms with Gasteiger partial charge in [0.25, 0.3) is 0 Å². The minimum atomic E-state index is -0.847. The molecule has 1 aliphatic rings. The zero-order chi connectivity index (χ0) is 13.5. The van der Waals surface area contributed by atoms with Gasteiger partial charge < -0.3 is 5.11 Å². The summed E-state index contributed by atoms with van der Waals surface area (Å²) in [5.74, 6) is -0.847. The predicted molar refractivity (Wildman–Crippen MR) is 75.4 cm³/mol. The number of carboxylic acid groups (broad SMARTS) is 1. The van der Waals surface area contributed by atoms with E-state index in [9.17, 15) is 9.90 Å². The Kier molecular flexibility index (Phi) is 3.83. The molecule has 1 aromatic carbocycles. The van der Waals surface area contributed by atoms with Crippen LogP contribution in [0.2, 0.25) is 10.0 Å². The van der Waals surface area contributed by atoms with Crippen molar-refractivity contribution in [3.8, 4) is 0 Å². The molecule has 3 nitrogen and oxygen atoms in total. The summed E-state index contributed by atoms with van der Waals surface area (Å²) in [6, 6.07) is 4.66. The van der Waals surface area contributed by atoms with Crippen LogP contribution >= 0.6 is 35.0 Å². The van der Waals surface area contributed by atoms with Crippen LogP contribution < -0.4 is 5.32 Å². The minimum absolute atomic E-state index is 0.133. The third kappa shape index (κ3) is 2.62. The standard InChI is InChI=1S/C12H13Cl2NO2S/c1-12(2)9(11(16)17)15-10(18-12)7-4-3-6(13)5-8(7)14/h3-5,9-10,15H,1-2H3,(H,16,17)/t9-,10+/m1/s1. The van der Waals surface area contributed by atoms with Crippen LogP contribution in [0, 0.1) is 0 Å². The van der Waals surface area contributed by atoms with E-state index in [1.54, 1.807) is 23.9 Å². The van der Waals surface area contributed by atoms with Gasteiger partial charge in [-0.05, 0) is 31.5 Å². The van der Waals surface area contributed by atoms with Gasteiger partial charge in [-0.25, -0.2) is 0 Å². The van der Waals surface area contributed by atoms with Crippen molar-refractivity contribution in [3.63, 3.8) is 0 Å². The fourth-order valence-electron chi connectivity index (χ4n) is 1.99. The van der Waals surface area contributed by atoms with E-state index in [1.165, 1.54) is 0 Å². The van der Waals surface area contributed by atoms with Crippen molar-refractivity contribution < 1.29 is 9.90 Å². The summed E-state index contributed by atoms with van der Waals surface area (Å²) in [6.45, 7) is 3.82. The van der Waals surface area contributed by atoms with Crippen molar-refractivity contribution >= 4 is 40.9 Å². The first kappa shape index (κ1) is 14.0. The molecule has 1 fully saturated rings. The van der Waals surface area contributed by atoms with E-state index in [0.29, 0.717) is 10.0 Å². The minimum Gasteiger partial charge on any atom is -0.480 e. The molecule has 2 atom stereocenters. The summed E-state index contributed by atoms with van der Waals surface area (Å²) in [5, 5.41) is 13.3. The second kappa shape index (κ2) is 4.93. The number of rotatable bonds is 2. The van der Waals surface area contributed by atoms with Crippen molar-refractivity contribution in [1.82, 2.24) is 5.32 Å². The Morgan fingerprint density at radius 2 is 2.11 bits per heavy atom. The molecule has 0 saturated carbocycles. The average Bonchev–Trinajstić information content (AvgIpc) is 2.54. The molecule has 2 N–H and O–H groups in total. The highest BCUT2D eigenvalue weighted by atomic mass is 35.5. The second-order valence-electron chi connectivity index (χ2n) is 4.71. The maximum absolute atomic E-state index is 11.2. The molecule has 1 heterocycles. The maximum Gasteiger partial charge on any atom is 0.322 e. The lowest BCUT2D eigenvalue weighted by atomic mass is 10.0. The molecule has 1 aliphatic heterocycles. The normalized spacial score (nSPS) is 26.2. The molecule has 0 radical (unpaired) electrons. The Balaban J connectivity index is 2.29. The van der Waals surface area contributed by atoms with Crippen LogP contribution in [0.3, 0.4) is 0 Å². The Morgan fingerprint density at radius 3 is 2.61 bits per heavy atom. The predicted octanol–water partition coefficient (Wildman–Crippen LogP) is 3.56. The van der Waals surface area contributed by atoms with Crippen LogP contribution in [-0.2, 0) is 4.79 Å². The van der Waals surface area contributed by atoms with Gasteiger partial charge in [0.1, 0.15) is 6.04 Å². The molecule has 98 valence electrons. The monoisotopic (exact) mass is 305 g/mol. The van der Waals surface area contributed by atoms with Crippen molar-refractivity contribution in [2.75, 3.05) is 0 Å². The first-order valence-corrected chi connectivity index (χ1v) is 7.06. The highest BCUT2D eigenvalue weighted by molar-refractivity contribution is 8.01. The third-order valence-corrected chi connectivity index (χ3v) is 4.96. The summed E-state index contributed by atoms with van der Waals surface area (Å²) in [4.78, 5) is 11.2. The number of hydrogen-bond donors (Lipinski definition) is 2. The van der Waals surface area contributed by atoms with Crippen LogP contribution in [-0.4, -0.2) is 21.9 Å². The molecule has 1 aromatic rings. The van der Waals surface area contributed by atoms with Gasteiger partial charge in [0, 0.05) is 14.8 Å². The van der Waals surface area contributed by atoms with Gasteiger partial charge in [-0.15, -0.1) is 11.8 Å². The van der Waals surface area contributed by atoms with Crippen molar-refractivity contribution in [1.29, 1.82) is 0 Å². The van der Waals surface area contributed by atoms with Gasteiger partial charge in [-0.3, -0.25) is 10.1 Å². The Morgan fingerprint density at radius 1 is 1.44 bits per heavy atom. The molecule has 0 aliphatic carbocycles. The number of hydrogen-bond acceptors (Lipinski definition) is 3. The molecular formula is C12H13Cl2NO2S. The molecule has 0 amide bonds. The lowest BCUT2D eigenvalue weighted by molar-refractivity contribution is -0.139. The smallest absolute Gasteiger partial charge is 0.322 e. The number of carbonyl (C=O) groups is 1. The summed E-state index contributed by atoms with van der Waals surface area (Å²) < 4.78 is -0.389. The topological polar surface area (TPSA) is 49.3 Å². The first-order valence-electron chi connectivity index (χ1n) is 5.43. The van der Waals surface area contributed by atoms with E-state index >= 15 is 0 Å². The molecular weight excluding hydrogens is 293 g/mol. The van der Waals surface area contributed by atoms with Crippen molar-refractivity contribution in [2.24, 2.45) is 0 Å². The molecule has 0 bridgehead atoms. The SMILES string of the molecule is CC1(C)S[C@@H](c2ccc(Cl)cc2Cl)N[C@@H]1C(=O)O. The van der Waals surface area contributed by atoms with E-state index in [4.69, 9.17) is 23.2 Å². The van der Waals surface area contributed by atoms with Crippen LogP contribution in [0.1, 0.15) is 24.8 Å².